The second kappa shape index (κ2) is 7.91. The Morgan fingerprint density at radius 2 is 1.79 bits per heavy atom. The molecule has 11 atom stereocenters. The van der Waals surface area contributed by atoms with Gasteiger partial charge in [-0.3, -0.25) is 0 Å². The quantitative estimate of drug-likeness (QED) is 0.434. The van der Waals surface area contributed by atoms with Gasteiger partial charge in [-0.2, -0.15) is 0 Å². The summed E-state index contributed by atoms with van der Waals surface area (Å²) in [6, 6.07) is 0. The predicted molar refractivity (Wildman–Crippen MR) is 131 cm³/mol. The molecule has 33 heavy (non-hydrogen) atoms. The highest BCUT2D eigenvalue weighted by Crippen LogP contribution is 2.72. The first-order valence-corrected chi connectivity index (χ1v) is 13.5. The van der Waals surface area contributed by atoms with Gasteiger partial charge in [-0.15, -0.1) is 0 Å². The lowest BCUT2D eigenvalue weighted by molar-refractivity contribution is -0.0551. The van der Waals surface area contributed by atoms with Crippen LogP contribution in [0.2, 0.25) is 0 Å². The van der Waals surface area contributed by atoms with Crippen molar-refractivity contribution in [3.63, 3.8) is 0 Å². The first-order valence-electron chi connectivity index (χ1n) is 13.5. The minimum absolute atomic E-state index is 0.00624. The van der Waals surface area contributed by atoms with E-state index < -0.39 is 6.10 Å². The second-order valence-electron chi connectivity index (χ2n) is 13.0. The van der Waals surface area contributed by atoms with Gasteiger partial charge < -0.3 is 19.7 Å². The molecule has 5 rings (SSSR count). The van der Waals surface area contributed by atoms with Crippen molar-refractivity contribution < 1.29 is 19.7 Å². The minimum Gasteiger partial charge on any atom is -0.393 e. The lowest BCUT2D eigenvalue weighted by atomic mass is 9.48. The molecular formula is C29H46O4. The molecule has 4 nitrogen and oxygen atoms in total. The first-order chi connectivity index (χ1) is 15.5. The molecule has 0 bridgehead atoms. The number of aliphatic hydroxyl groups is 2. The normalized spacial score (nSPS) is 50.6. The number of rotatable bonds is 5. The number of aliphatic hydroxyl groups excluding tert-OH is 2. The summed E-state index contributed by atoms with van der Waals surface area (Å²) in [5.74, 6) is 2.46. The summed E-state index contributed by atoms with van der Waals surface area (Å²) in [5.41, 5.74) is 2.42. The average molecular weight is 459 g/mol. The smallest absolute Gasteiger partial charge is 0.118 e. The molecule has 4 heteroatoms. The number of ether oxygens (including phenoxy) is 2. The van der Waals surface area contributed by atoms with Crippen LogP contribution in [-0.4, -0.2) is 47.3 Å². The van der Waals surface area contributed by atoms with Crippen molar-refractivity contribution in [1.29, 1.82) is 0 Å². The average Bonchev–Trinajstić information content (AvgIpc) is 3.41. The summed E-state index contributed by atoms with van der Waals surface area (Å²) in [6.07, 6.45) is 9.71. The van der Waals surface area contributed by atoms with Crippen LogP contribution >= 0.6 is 0 Å². The highest BCUT2D eigenvalue weighted by Gasteiger charge is 2.77. The van der Waals surface area contributed by atoms with Gasteiger partial charge in [0.05, 0.1) is 12.2 Å². The summed E-state index contributed by atoms with van der Waals surface area (Å²) in [5, 5.41) is 22.0. The van der Waals surface area contributed by atoms with E-state index in [0.717, 1.165) is 38.5 Å². The molecule has 0 unspecified atom stereocenters. The van der Waals surface area contributed by atoms with Gasteiger partial charge in [-0.05, 0) is 78.3 Å². The molecule has 0 aromatic heterocycles. The molecule has 1 spiro atoms. The Bertz CT molecular complexity index is 847. The Kier molecular flexibility index (Phi) is 5.76. The fraction of sp³-hybridized carbons (Fsp3) is 0.862. The van der Waals surface area contributed by atoms with E-state index in [-0.39, 0.29) is 34.7 Å². The topological polar surface area (TPSA) is 62.2 Å². The van der Waals surface area contributed by atoms with Crippen LogP contribution in [0, 0.1) is 40.4 Å². The van der Waals surface area contributed by atoms with Gasteiger partial charge in [0.15, 0.2) is 0 Å². The van der Waals surface area contributed by atoms with Crippen LogP contribution in [0.1, 0.15) is 80.1 Å². The molecule has 3 saturated carbocycles. The third kappa shape index (κ3) is 3.23. The number of hydrogen-bond acceptors (Lipinski definition) is 4. The number of methoxy groups -OCH3 is 1. The molecule has 0 radical (unpaired) electrons. The Balaban J connectivity index is 1.53. The van der Waals surface area contributed by atoms with Crippen LogP contribution in [0.25, 0.3) is 0 Å². The van der Waals surface area contributed by atoms with E-state index in [0.29, 0.717) is 29.6 Å². The second-order valence-corrected chi connectivity index (χ2v) is 13.0. The minimum atomic E-state index is -0.391. The van der Waals surface area contributed by atoms with Crippen LogP contribution in [0.3, 0.4) is 0 Å². The van der Waals surface area contributed by atoms with Gasteiger partial charge >= 0.3 is 0 Å². The molecule has 4 aliphatic carbocycles. The lowest BCUT2D eigenvalue weighted by Crippen LogP contribution is -2.58. The van der Waals surface area contributed by atoms with Crippen molar-refractivity contribution >= 4 is 0 Å². The Morgan fingerprint density at radius 1 is 1.06 bits per heavy atom. The van der Waals surface area contributed by atoms with Crippen molar-refractivity contribution in [1.82, 2.24) is 0 Å². The first kappa shape index (κ1) is 24.0. The van der Waals surface area contributed by atoms with E-state index in [4.69, 9.17) is 9.47 Å². The summed E-state index contributed by atoms with van der Waals surface area (Å²) in [7, 11) is 1.80. The monoisotopic (exact) mass is 458 g/mol. The molecule has 1 heterocycles. The van der Waals surface area contributed by atoms with Crippen LogP contribution in [0.4, 0.5) is 0 Å². The van der Waals surface area contributed by atoms with Crippen LogP contribution in [0.15, 0.2) is 23.3 Å². The largest absolute Gasteiger partial charge is 0.393 e. The molecule has 0 amide bonds. The Hall–Kier alpha value is -0.680. The zero-order chi connectivity index (χ0) is 23.9. The number of hydrogen-bond donors (Lipinski definition) is 2. The summed E-state index contributed by atoms with van der Waals surface area (Å²) < 4.78 is 12.7. The zero-order valence-corrected chi connectivity index (χ0v) is 21.8. The van der Waals surface area contributed by atoms with Gasteiger partial charge in [0.25, 0.3) is 0 Å². The standard InChI is InChI=1S/C29H46O4/c1-16(2)17(3)8-9-18(4)21-14-22(31)24-23-20(11-12-27(21,24)5)28(6)13-10-19(30)15-29(28)26(33-29)25(23)32-7/h8-9,16-22,25-26,30-31H,10-15H2,1-7H3/b9-8+/t17-,18+,19-,20-,21+,22+,25-,26-,27+,28+,29-/m0/s1. The summed E-state index contributed by atoms with van der Waals surface area (Å²) >= 11 is 0. The van der Waals surface area contributed by atoms with Gasteiger partial charge in [-0.25, -0.2) is 0 Å². The maximum Gasteiger partial charge on any atom is 0.118 e. The SMILES string of the molecule is CO[C@H]1C2=C3[C@H](O)C[C@H]([C@H](C)/C=C/[C@H](C)C(C)C)[C@@]3(C)CC[C@@H]2[C@@]2(C)CC[C@H](O)C[C@@]23O[C@@H]13. The van der Waals surface area contributed by atoms with Gasteiger partial charge in [0.2, 0.25) is 0 Å². The molecule has 5 aliphatic rings. The van der Waals surface area contributed by atoms with Crippen molar-refractivity contribution in [2.24, 2.45) is 40.4 Å². The molecule has 1 aliphatic heterocycles. The van der Waals surface area contributed by atoms with Crippen molar-refractivity contribution in [2.75, 3.05) is 7.11 Å². The number of fused-ring (bicyclic) bond motifs is 3. The Labute approximate surface area is 200 Å². The Morgan fingerprint density at radius 3 is 2.45 bits per heavy atom. The predicted octanol–water partition coefficient (Wildman–Crippen LogP) is 5.28. The van der Waals surface area contributed by atoms with E-state index in [1.54, 1.807) is 7.11 Å². The maximum absolute atomic E-state index is 11.5. The molecular weight excluding hydrogens is 412 g/mol. The van der Waals surface area contributed by atoms with E-state index in [2.05, 4.69) is 53.7 Å². The van der Waals surface area contributed by atoms with Gasteiger partial charge in [-0.1, -0.05) is 53.7 Å². The third-order valence-electron chi connectivity index (χ3n) is 11.1. The van der Waals surface area contributed by atoms with Crippen molar-refractivity contribution in [3.8, 4) is 0 Å². The van der Waals surface area contributed by atoms with Gasteiger partial charge in [0, 0.05) is 18.9 Å². The number of epoxide rings is 1. The van der Waals surface area contributed by atoms with Crippen LogP contribution in [0.5, 0.6) is 0 Å². The van der Waals surface area contributed by atoms with Crippen molar-refractivity contribution in [3.05, 3.63) is 23.3 Å². The van der Waals surface area contributed by atoms with E-state index in [1.165, 1.54) is 11.1 Å². The molecule has 1 saturated heterocycles. The van der Waals surface area contributed by atoms with Crippen molar-refractivity contribution in [2.45, 2.75) is 110 Å². The van der Waals surface area contributed by atoms with Crippen LogP contribution < -0.4 is 0 Å². The van der Waals surface area contributed by atoms with Gasteiger partial charge in [0.1, 0.15) is 17.8 Å². The summed E-state index contributed by atoms with van der Waals surface area (Å²) in [6.45, 7) is 14.0. The highest BCUT2D eigenvalue weighted by atomic mass is 16.6. The zero-order valence-electron chi connectivity index (χ0n) is 21.8. The molecule has 0 aromatic carbocycles. The number of allylic oxidation sites excluding steroid dienone is 2. The van der Waals surface area contributed by atoms with E-state index in [1.807, 2.05) is 0 Å². The van der Waals surface area contributed by atoms with E-state index in [9.17, 15) is 10.2 Å². The maximum atomic E-state index is 11.5. The molecule has 0 aromatic rings. The fourth-order valence-electron chi connectivity index (χ4n) is 8.71. The fourth-order valence-corrected chi connectivity index (χ4v) is 8.71. The molecule has 2 N–H and O–H groups in total. The highest BCUT2D eigenvalue weighted by molar-refractivity contribution is 5.45. The van der Waals surface area contributed by atoms with E-state index >= 15 is 0 Å². The summed E-state index contributed by atoms with van der Waals surface area (Å²) in [4.78, 5) is 0. The molecule has 186 valence electrons. The molecule has 4 fully saturated rings. The lowest BCUT2D eigenvalue weighted by Gasteiger charge is -2.56. The van der Waals surface area contributed by atoms with Crippen LogP contribution in [-0.2, 0) is 9.47 Å². The third-order valence-corrected chi connectivity index (χ3v) is 11.1.